The van der Waals surface area contributed by atoms with Gasteiger partial charge in [0.25, 0.3) is 5.69 Å². The molecule has 0 saturated heterocycles. The van der Waals surface area contributed by atoms with Crippen molar-refractivity contribution in [3.8, 4) is 0 Å². The minimum absolute atomic E-state index is 0.0955. The molecule has 0 spiro atoms. The monoisotopic (exact) mass is 300 g/mol. The van der Waals surface area contributed by atoms with Crippen LogP contribution >= 0.6 is 15.9 Å². The summed E-state index contributed by atoms with van der Waals surface area (Å²) in [6, 6.07) is 5.10. The second-order valence-electron chi connectivity index (χ2n) is 4.20. The van der Waals surface area contributed by atoms with Crippen molar-refractivity contribution >= 4 is 27.3 Å². The highest BCUT2D eigenvalue weighted by molar-refractivity contribution is 9.10. The molecule has 17 heavy (non-hydrogen) atoms. The zero-order valence-corrected chi connectivity index (χ0v) is 11.7. The largest absolute Gasteiger partial charge is 0.385 e. The highest BCUT2D eigenvalue weighted by Crippen LogP contribution is 2.27. The van der Waals surface area contributed by atoms with Gasteiger partial charge in [0.05, 0.1) is 9.40 Å². The Hall–Kier alpha value is -1.10. The Morgan fingerprint density at radius 3 is 2.82 bits per heavy atom. The van der Waals surface area contributed by atoms with E-state index in [1.54, 1.807) is 12.1 Å². The highest BCUT2D eigenvalue weighted by atomic mass is 79.9. The fourth-order valence-corrected chi connectivity index (χ4v) is 2.04. The van der Waals surface area contributed by atoms with Gasteiger partial charge in [-0.3, -0.25) is 10.1 Å². The van der Waals surface area contributed by atoms with Crippen LogP contribution < -0.4 is 5.32 Å². The quantitative estimate of drug-likeness (QED) is 0.632. The van der Waals surface area contributed by atoms with Crippen molar-refractivity contribution in [1.82, 2.24) is 0 Å². The lowest BCUT2D eigenvalue weighted by Crippen LogP contribution is -2.11. The van der Waals surface area contributed by atoms with Gasteiger partial charge in [-0.05, 0) is 40.4 Å². The number of anilines is 1. The van der Waals surface area contributed by atoms with Crippen LogP contribution in [0.25, 0.3) is 0 Å². The van der Waals surface area contributed by atoms with Crippen LogP contribution in [-0.2, 0) is 0 Å². The van der Waals surface area contributed by atoms with Crippen molar-refractivity contribution < 1.29 is 4.92 Å². The van der Waals surface area contributed by atoms with Crippen molar-refractivity contribution in [2.75, 3.05) is 11.9 Å². The molecule has 0 radical (unpaired) electrons. The predicted octanol–water partition coefficient (Wildman–Crippen LogP) is 4.21. The molecule has 1 rings (SSSR count). The molecule has 1 atom stereocenters. The molecule has 0 aliphatic rings. The second-order valence-corrected chi connectivity index (χ2v) is 5.05. The SMILES string of the molecule is CCCC(C)CNc1ccc(Br)c([N+](=O)[O-])c1. The number of nitrogens with one attached hydrogen (secondary N) is 1. The summed E-state index contributed by atoms with van der Waals surface area (Å²) in [5.74, 6) is 0.572. The van der Waals surface area contributed by atoms with E-state index in [9.17, 15) is 10.1 Å². The summed E-state index contributed by atoms with van der Waals surface area (Å²) in [6.07, 6.45) is 2.31. The maximum atomic E-state index is 10.8. The van der Waals surface area contributed by atoms with Gasteiger partial charge in [0.15, 0.2) is 0 Å². The summed E-state index contributed by atoms with van der Waals surface area (Å²) in [5, 5.41) is 14.0. The Bertz CT molecular complexity index is 396. The normalized spacial score (nSPS) is 12.2. The molecule has 0 heterocycles. The van der Waals surface area contributed by atoms with Gasteiger partial charge in [-0.25, -0.2) is 0 Å². The lowest BCUT2D eigenvalue weighted by molar-refractivity contribution is -0.385. The lowest BCUT2D eigenvalue weighted by atomic mass is 10.1. The first-order valence-electron chi connectivity index (χ1n) is 5.72. The van der Waals surface area contributed by atoms with Crippen molar-refractivity contribution in [3.63, 3.8) is 0 Å². The van der Waals surface area contributed by atoms with Gasteiger partial charge in [0.2, 0.25) is 0 Å². The van der Waals surface area contributed by atoms with E-state index in [-0.39, 0.29) is 10.6 Å². The first kappa shape index (κ1) is 14.0. The van der Waals surface area contributed by atoms with E-state index in [1.807, 2.05) is 6.07 Å². The van der Waals surface area contributed by atoms with Crippen molar-refractivity contribution in [1.29, 1.82) is 0 Å². The van der Waals surface area contributed by atoms with E-state index in [2.05, 4.69) is 35.1 Å². The average molecular weight is 301 g/mol. The number of hydrogen-bond donors (Lipinski definition) is 1. The third-order valence-corrected chi connectivity index (χ3v) is 3.25. The summed E-state index contributed by atoms with van der Waals surface area (Å²) in [5.41, 5.74) is 0.890. The zero-order valence-electron chi connectivity index (χ0n) is 10.1. The summed E-state index contributed by atoms with van der Waals surface area (Å²) < 4.78 is 0.509. The molecule has 0 bridgehead atoms. The Morgan fingerprint density at radius 2 is 2.24 bits per heavy atom. The number of halogens is 1. The van der Waals surface area contributed by atoms with E-state index >= 15 is 0 Å². The molecular formula is C12H17BrN2O2. The van der Waals surface area contributed by atoms with Crippen LogP contribution in [0.5, 0.6) is 0 Å². The van der Waals surface area contributed by atoms with Crippen LogP contribution in [0.3, 0.4) is 0 Å². The van der Waals surface area contributed by atoms with Crippen LogP contribution in [0.1, 0.15) is 26.7 Å². The van der Waals surface area contributed by atoms with Crippen molar-refractivity contribution in [3.05, 3.63) is 32.8 Å². The van der Waals surface area contributed by atoms with Crippen LogP contribution in [0.2, 0.25) is 0 Å². The van der Waals surface area contributed by atoms with Gasteiger partial charge < -0.3 is 5.32 Å². The Morgan fingerprint density at radius 1 is 1.53 bits per heavy atom. The lowest BCUT2D eigenvalue weighted by Gasteiger charge is -2.12. The number of nitro benzene ring substituents is 1. The third kappa shape index (κ3) is 4.34. The first-order valence-corrected chi connectivity index (χ1v) is 6.51. The topological polar surface area (TPSA) is 55.2 Å². The molecule has 1 aromatic carbocycles. The molecule has 4 nitrogen and oxygen atoms in total. The molecule has 1 unspecified atom stereocenters. The maximum Gasteiger partial charge on any atom is 0.285 e. The third-order valence-electron chi connectivity index (χ3n) is 2.58. The van der Waals surface area contributed by atoms with Crippen molar-refractivity contribution in [2.24, 2.45) is 5.92 Å². The van der Waals surface area contributed by atoms with Gasteiger partial charge in [-0.1, -0.05) is 20.3 Å². The van der Waals surface area contributed by atoms with Crippen LogP contribution in [0.4, 0.5) is 11.4 Å². The summed E-state index contributed by atoms with van der Waals surface area (Å²) >= 11 is 3.17. The Kier molecular flexibility index (Phi) is 5.41. The minimum Gasteiger partial charge on any atom is -0.385 e. The summed E-state index contributed by atoms with van der Waals surface area (Å²) in [6.45, 7) is 5.16. The standard InChI is InChI=1S/C12H17BrN2O2/c1-3-4-9(2)8-14-10-5-6-11(13)12(7-10)15(16)17/h5-7,9,14H,3-4,8H2,1-2H3. The van der Waals surface area contributed by atoms with E-state index in [4.69, 9.17) is 0 Å². The van der Waals surface area contributed by atoms with E-state index < -0.39 is 0 Å². The Balaban J connectivity index is 2.66. The summed E-state index contributed by atoms with van der Waals surface area (Å²) in [7, 11) is 0. The number of nitrogens with zero attached hydrogens (tertiary/aromatic N) is 1. The zero-order chi connectivity index (χ0) is 12.8. The number of nitro groups is 1. The van der Waals surface area contributed by atoms with Gasteiger partial charge >= 0.3 is 0 Å². The fourth-order valence-electron chi connectivity index (χ4n) is 1.65. The molecule has 0 saturated carbocycles. The smallest absolute Gasteiger partial charge is 0.285 e. The predicted molar refractivity (Wildman–Crippen MR) is 73.4 cm³/mol. The van der Waals surface area contributed by atoms with Crippen LogP contribution in [0, 0.1) is 16.0 Å². The Labute approximate surface area is 110 Å². The molecule has 0 aliphatic heterocycles. The van der Waals surface area contributed by atoms with Gasteiger partial charge in [-0.15, -0.1) is 0 Å². The molecular weight excluding hydrogens is 284 g/mol. The van der Waals surface area contributed by atoms with Crippen LogP contribution in [-0.4, -0.2) is 11.5 Å². The van der Waals surface area contributed by atoms with E-state index in [1.165, 1.54) is 0 Å². The van der Waals surface area contributed by atoms with Crippen LogP contribution in [0.15, 0.2) is 22.7 Å². The minimum atomic E-state index is -0.384. The molecule has 5 heteroatoms. The average Bonchev–Trinajstić information content (AvgIpc) is 2.28. The molecule has 94 valence electrons. The molecule has 0 fully saturated rings. The molecule has 0 aromatic heterocycles. The second kappa shape index (κ2) is 6.59. The molecule has 1 aromatic rings. The number of hydrogen-bond acceptors (Lipinski definition) is 3. The number of rotatable bonds is 6. The molecule has 0 aliphatic carbocycles. The fraction of sp³-hybridized carbons (Fsp3) is 0.500. The van der Waals surface area contributed by atoms with Gasteiger partial charge in [0, 0.05) is 18.3 Å². The summed E-state index contributed by atoms with van der Waals surface area (Å²) in [4.78, 5) is 10.4. The molecule has 1 N–H and O–H groups in total. The van der Waals surface area contributed by atoms with E-state index in [0.717, 1.165) is 25.1 Å². The first-order chi connectivity index (χ1) is 8.04. The maximum absolute atomic E-state index is 10.8. The van der Waals surface area contributed by atoms with Crippen molar-refractivity contribution in [2.45, 2.75) is 26.7 Å². The van der Waals surface area contributed by atoms with Gasteiger partial charge in [0.1, 0.15) is 0 Å². The number of benzene rings is 1. The molecule has 0 amide bonds. The van der Waals surface area contributed by atoms with E-state index in [0.29, 0.717) is 10.4 Å². The van der Waals surface area contributed by atoms with Gasteiger partial charge in [-0.2, -0.15) is 0 Å². The highest BCUT2D eigenvalue weighted by Gasteiger charge is 2.12.